The number of methoxy groups -OCH3 is 1. The van der Waals surface area contributed by atoms with Crippen molar-refractivity contribution in [1.29, 1.82) is 0 Å². The van der Waals surface area contributed by atoms with E-state index in [0.717, 1.165) is 35.1 Å². The maximum absolute atomic E-state index is 14.0. The maximum atomic E-state index is 14.0. The molecule has 2 heterocycles. The number of Topliss-reactive ketones (excluding diaryl/α,β-unsaturated/α-hetero) is 1. The van der Waals surface area contributed by atoms with E-state index in [9.17, 15) is 9.59 Å². The maximum Gasteiger partial charge on any atom is 0.310 e. The molecule has 2 aliphatic rings. The van der Waals surface area contributed by atoms with E-state index >= 15 is 0 Å². The van der Waals surface area contributed by atoms with Crippen LogP contribution in [-0.4, -0.2) is 48.0 Å². The van der Waals surface area contributed by atoms with Crippen molar-refractivity contribution in [3.63, 3.8) is 0 Å². The number of rotatable bonds is 4. The first kappa shape index (κ1) is 22.9. The Morgan fingerprint density at radius 3 is 2.65 bits per heavy atom. The van der Waals surface area contributed by atoms with Crippen molar-refractivity contribution in [3.05, 3.63) is 70.9 Å². The van der Waals surface area contributed by atoms with Gasteiger partial charge in [0, 0.05) is 36.5 Å². The lowest BCUT2D eigenvalue weighted by atomic mass is 9.67. The number of ketones is 1. The Labute approximate surface area is 201 Å². The molecule has 0 N–H and O–H groups in total. The summed E-state index contributed by atoms with van der Waals surface area (Å²) in [5, 5.41) is 1.12. The number of hydrogen-bond acceptors (Lipinski definition) is 4. The van der Waals surface area contributed by atoms with Crippen molar-refractivity contribution in [2.24, 2.45) is 17.8 Å². The molecule has 1 saturated heterocycles. The normalized spacial score (nSPS) is 25.0. The third kappa shape index (κ3) is 3.76. The van der Waals surface area contributed by atoms with Crippen LogP contribution >= 0.6 is 0 Å². The molecule has 5 heteroatoms. The number of para-hydroxylation sites is 1. The molecule has 1 aliphatic heterocycles. The third-order valence-corrected chi connectivity index (χ3v) is 8.17. The number of nitrogens with zero attached hydrogens (tertiary/aromatic N) is 2. The highest BCUT2D eigenvalue weighted by Gasteiger charge is 2.49. The lowest BCUT2D eigenvalue weighted by Crippen LogP contribution is -2.56. The van der Waals surface area contributed by atoms with Crippen molar-refractivity contribution in [2.45, 2.75) is 45.7 Å². The fourth-order valence-electron chi connectivity index (χ4n) is 6.55. The molecule has 1 unspecified atom stereocenters. The molecule has 2 aromatic carbocycles. The van der Waals surface area contributed by atoms with Crippen LogP contribution in [0.2, 0.25) is 0 Å². The zero-order chi connectivity index (χ0) is 24.0. The molecular weight excluding hydrogens is 424 g/mol. The Morgan fingerprint density at radius 2 is 1.91 bits per heavy atom. The van der Waals surface area contributed by atoms with Crippen LogP contribution in [0.3, 0.4) is 0 Å². The van der Waals surface area contributed by atoms with Gasteiger partial charge in [0.25, 0.3) is 0 Å². The third-order valence-electron chi connectivity index (χ3n) is 8.17. The van der Waals surface area contributed by atoms with Gasteiger partial charge in [-0.1, -0.05) is 61.4 Å². The molecule has 178 valence electrons. The Balaban J connectivity index is 1.70. The fourth-order valence-corrected chi connectivity index (χ4v) is 6.55. The SMILES string of the molecule is CC[C@@H]1CN(C)[C@H]2Cc3c(n(Cc4cccc(C)c4)c4ccccc34)C(=O)C[C@H]1C2C(=O)OC. The van der Waals surface area contributed by atoms with Gasteiger partial charge in [-0.25, -0.2) is 0 Å². The summed E-state index contributed by atoms with van der Waals surface area (Å²) in [6, 6.07) is 16.8. The summed E-state index contributed by atoms with van der Waals surface area (Å²) in [5.41, 5.74) is 5.39. The number of aromatic nitrogens is 1. The van der Waals surface area contributed by atoms with Crippen molar-refractivity contribution in [3.8, 4) is 0 Å². The van der Waals surface area contributed by atoms with Gasteiger partial charge in [-0.3, -0.25) is 9.59 Å². The van der Waals surface area contributed by atoms with Crippen LogP contribution in [0.5, 0.6) is 0 Å². The number of carbonyl (C=O) groups excluding carboxylic acids is 2. The minimum atomic E-state index is -0.287. The second-order valence-corrected chi connectivity index (χ2v) is 10.1. The number of hydrogen-bond donors (Lipinski definition) is 0. The quantitative estimate of drug-likeness (QED) is 0.524. The zero-order valence-corrected chi connectivity index (χ0v) is 20.6. The highest BCUT2D eigenvalue weighted by Crippen LogP contribution is 2.43. The first-order chi connectivity index (χ1) is 16.4. The Bertz CT molecular complexity index is 1240. The molecule has 4 atom stereocenters. The van der Waals surface area contributed by atoms with Crippen LogP contribution in [-0.2, 0) is 22.5 Å². The summed E-state index contributed by atoms with van der Waals surface area (Å²) >= 11 is 0. The smallest absolute Gasteiger partial charge is 0.310 e. The number of benzene rings is 2. The van der Waals surface area contributed by atoms with Gasteiger partial charge in [0.1, 0.15) is 0 Å². The molecule has 1 aliphatic carbocycles. The molecule has 0 radical (unpaired) electrons. The van der Waals surface area contributed by atoms with Gasteiger partial charge in [0.15, 0.2) is 5.78 Å². The number of aryl methyl sites for hydroxylation is 1. The molecule has 5 rings (SSSR count). The predicted molar refractivity (Wildman–Crippen MR) is 134 cm³/mol. The average Bonchev–Trinajstić information content (AvgIpc) is 3.12. The van der Waals surface area contributed by atoms with Gasteiger partial charge in [0.05, 0.1) is 18.7 Å². The van der Waals surface area contributed by atoms with Crippen LogP contribution in [0, 0.1) is 24.7 Å². The number of ether oxygens (including phenoxy) is 1. The van der Waals surface area contributed by atoms with Gasteiger partial charge >= 0.3 is 5.97 Å². The van der Waals surface area contributed by atoms with E-state index in [0.29, 0.717) is 25.3 Å². The van der Waals surface area contributed by atoms with Crippen molar-refractivity contribution < 1.29 is 14.3 Å². The van der Waals surface area contributed by atoms with E-state index in [2.05, 4.69) is 66.8 Å². The number of piperidine rings is 1. The predicted octanol–water partition coefficient (Wildman–Crippen LogP) is 4.87. The molecule has 2 bridgehead atoms. The van der Waals surface area contributed by atoms with Crippen LogP contribution in [0.25, 0.3) is 10.9 Å². The summed E-state index contributed by atoms with van der Waals surface area (Å²) in [6.07, 6.45) is 2.01. The largest absolute Gasteiger partial charge is 0.469 e. The number of likely N-dealkylation sites (N-methyl/N-ethyl adjacent to an activating group) is 1. The summed E-state index contributed by atoms with van der Waals surface area (Å²) in [6.45, 7) is 5.83. The monoisotopic (exact) mass is 458 g/mol. The van der Waals surface area contributed by atoms with E-state index in [1.165, 1.54) is 18.2 Å². The molecule has 1 fully saturated rings. The molecule has 34 heavy (non-hydrogen) atoms. The number of carbonyl (C=O) groups is 2. The number of likely N-dealkylation sites (tertiary alicyclic amines) is 1. The molecule has 0 amide bonds. The van der Waals surface area contributed by atoms with E-state index in [4.69, 9.17) is 4.74 Å². The summed E-state index contributed by atoms with van der Waals surface area (Å²) < 4.78 is 7.51. The summed E-state index contributed by atoms with van der Waals surface area (Å²) in [4.78, 5) is 29.4. The molecule has 0 spiro atoms. The number of fused-ring (bicyclic) bond motifs is 5. The highest BCUT2D eigenvalue weighted by atomic mass is 16.5. The molecule has 0 saturated carbocycles. The van der Waals surface area contributed by atoms with E-state index in [-0.39, 0.29) is 29.6 Å². The van der Waals surface area contributed by atoms with Gasteiger partial charge in [-0.05, 0) is 49.4 Å². The zero-order valence-electron chi connectivity index (χ0n) is 20.6. The molecular formula is C29H34N2O3. The van der Waals surface area contributed by atoms with E-state index in [1.54, 1.807) is 0 Å². The topological polar surface area (TPSA) is 51.5 Å². The Hall–Kier alpha value is -2.92. The van der Waals surface area contributed by atoms with Gasteiger partial charge < -0.3 is 14.2 Å². The molecule has 5 nitrogen and oxygen atoms in total. The first-order valence-electron chi connectivity index (χ1n) is 12.4. The number of esters is 1. The summed E-state index contributed by atoms with van der Waals surface area (Å²) in [5.74, 6) is -0.0150. The van der Waals surface area contributed by atoms with Crippen molar-refractivity contribution >= 4 is 22.7 Å². The van der Waals surface area contributed by atoms with Crippen LogP contribution in [0.15, 0.2) is 48.5 Å². The van der Waals surface area contributed by atoms with Crippen LogP contribution in [0.4, 0.5) is 0 Å². The van der Waals surface area contributed by atoms with E-state index in [1.807, 2.05) is 12.1 Å². The first-order valence-corrected chi connectivity index (χ1v) is 12.4. The van der Waals surface area contributed by atoms with E-state index < -0.39 is 0 Å². The fraction of sp³-hybridized carbons (Fsp3) is 0.448. The van der Waals surface area contributed by atoms with Crippen molar-refractivity contribution in [2.75, 3.05) is 20.7 Å². The second-order valence-electron chi connectivity index (χ2n) is 10.1. The minimum Gasteiger partial charge on any atom is -0.469 e. The van der Waals surface area contributed by atoms with Gasteiger partial charge in [-0.15, -0.1) is 0 Å². The van der Waals surface area contributed by atoms with Crippen LogP contribution in [0.1, 0.15) is 46.9 Å². The van der Waals surface area contributed by atoms with Gasteiger partial charge in [-0.2, -0.15) is 0 Å². The standard InChI is InChI=1S/C29H34N2O3/c1-5-20-17-30(3)25-14-23-21-11-6-7-12-24(21)31(16-19-10-8-9-18(2)13-19)28(23)26(32)15-22(20)27(25)29(33)34-4/h6-13,20,22,25,27H,5,14-17H2,1-4H3/t20-,22-,25+,27?/m1/s1. The Kier molecular flexibility index (Phi) is 6.07. The highest BCUT2D eigenvalue weighted by molar-refractivity contribution is 6.03. The van der Waals surface area contributed by atoms with Crippen LogP contribution < -0.4 is 0 Å². The second kappa shape index (κ2) is 9.03. The minimum absolute atomic E-state index is 0.00438. The lowest BCUT2D eigenvalue weighted by Gasteiger charge is -2.48. The average molecular weight is 459 g/mol. The molecule has 3 aromatic rings. The molecule has 1 aromatic heterocycles. The Morgan fingerprint density at radius 1 is 1.12 bits per heavy atom. The lowest BCUT2D eigenvalue weighted by molar-refractivity contribution is -0.154. The van der Waals surface area contributed by atoms with Gasteiger partial charge in [0.2, 0.25) is 0 Å². The summed E-state index contributed by atoms with van der Waals surface area (Å²) in [7, 11) is 3.59. The van der Waals surface area contributed by atoms with Crippen molar-refractivity contribution in [1.82, 2.24) is 9.47 Å².